The maximum atomic E-state index is 14.0. The predicted octanol–water partition coefficient (Wildman–Crippen LogP) is 0.893. The van der Waals surface area contributed by atoms with Gasteiger partial charge in [-0.2, -0.15) is 0 Å². The van der Waals surface area contributed by atoms with E-state index in [0.29, 0.717) is 0 Å². The van der Waals surface area contributed by atoms with Crippen molar-refractivity contribution in [2.45, 2.75) is 18.4 Å². The van der Waals surface area contributed by atoms with Gasteiger partial charge in [0.2, 0.25) is 11.7 Å². The van der Waals surface area contributed by atoms with E-state index in [2.05, 4.69) is 16.9 Å². The highest BCUT2D eigenvalue weighted by molar-refractivity contribution is 5.92. The zero-order valence-electron chi connectivity index (χ0n) is 12.9. The summed E-state index contributed by atoms with van der Waals surface area (Å²) in [7, 11) is 3.34. The molecule has 0 spiro atoms. The lowest BCUT2D eigenvalue weighted by Gasteiger charge is -2.38. The molecule has 2 heterocycles. The van der Waals surface area contributed by atoms with Crippen LogP contribution in [0, 0.1) is 0 Å². The largest absolute Gasteiger partial charge is 0.418 e. The van der Waals surface area contributed by atoms with Crippen LogP contribution in [0.2, 0.25) is 0 Å². The molecule has 2 rings (SSSR count). The standard InChI is InChI=1S/C14H18F2N4O3/c1-4-11(21)20-6-5-14(15,16)10(8-20)18-12(22)9-7-17-13(23-9)19(2)3/h4,7,10H,1,5-6,8H2,2-3H3,(H,18,22)/t10-/m1/s1. The Morgan fingerprint density at radius 2 is 2.26 bits per heavy atom. The molecule has 7 nitrogen and oxygen atoms in total. The van der Waals surface area contributed by atoms with E-state index in [1.165, 1.54) is 9.80 Å². The summed E-state index contributed by atoms with van der Waals surface area (Å²) in [4.78, 5) is 30.3. The molecule has 1 aliphatic heterocycles. The Morgan fingerprint density at radius 3 is 2.83 bits per heavy atom. The summed E-state index contributed by atoms with van der Waals surface area (Å²) in [5.74, 6) is -4.54. The van der Waals surface area contributed by atoms with Crippen molar-refractivity contribution >= 4 is 17.8 Å². The Balaban J connectivity index is 2.09. The first kappa shape index (κ1) is 16.9. The third-order valence-corrected chi connectivity index (χ3v) is 3.52. The van der Waals surface area contributed by atoms with Gasteiger partial charge in [-0.15, -0.1) is 0 Å². The molecule has 2 amide bonds. The molecule has 1 aromatic heterocycles. The molecule has 0 aliphatic carbocycles. The van der Waals surface area contributed by atoms with Crippen LogP contribution in [-0.2, 0) is 4.79 Å². The molecule has 0 aromatic carbocycles. The smallest absolute Gasteiger partial charge is 0.297 e. The number of piperidine rings is 1. The molecule has 0 saturated carbocycles. The minimum atomic E-state index is -3.11. The quantitative estimate of drug-likeness (QED) is 0.831. The van der Waals surface area contributed by atoms with E-state index < -0.39 is 30.2 Å². The Morgan fingerprint density at radius 1 is 1.57 bits per heavy atom. The Hall–Kier alpha value is -2.45. The second-order valence-corrected chi connectivity index (χ2v) is 5.43. The Labute approximate surface area is 131 Å². The topological polar surface area (TPSA) is 78.7 Å². The molecule has 1 aromatic rings. The van der Waals surface area contributed by atoms with Crippen molar-refractivity contribution in [3.63, 3.8) is 0 Å². The number of nitrogens with zero attached hydrogens (tertiary/aromatic N) is 3. The van der Waals surface area contributed by atoms with Gasteiger partial charge in [0.25, 0.3) is 17.8 Å². The molecule has 9 heteroatoms. The first-order chi connectivity index (χ1) is 10.7. The summed E-state index contributed by atoms with van der Waals surface area (Å²) in [6, 6.07) is -1.31. The van der Waals surface area contributed by atoms with Crippen LogP contribution in [0.4, 0.5) is 14.8 Å². The van der Waals surface area contributed by atoms with Gasteiger partial charge in [0, 0.05) is 33.6 Å². The lowest BCUT2D eigenvalue weighted by molar-refractivity contribution is -0.135. The molecule has 0 unspecified atom stereocenters. The summed E-state index contributed by atoms with van der Waals surface area (Å²) in [6.07, 6.45) is 1.69. The predicted molar refractivity (Wildman–Crippen MR) is 78.4 cm³/mol. The van der Waals surface area contributed by atoms with Crippen LogP contribution < -0.4 is 10.2 Å². The van der Waals surface area contributed by atoms with Crippen LogP contribution in [0.3, 0.4) is 0 Å². The van der Waals surface area contributed by atoms with Gasteiger partial charge >= 0.3 is 0 Å². The van der Waals surface area contributed by atoms with E-state index >= 15 is 0 Å². The lowest BCUT2D eigenvalue weighted by Crippen LogP contribution is -2.59. The highest BCUT2D eigenvalue weighted by Gasteiger charge is 2.46. The molecular weight excluding hydrogens is 310 g/mol. The normalized spacial score (nSPS) is 20.0. The number of aromatic nitrogens is 1. The van der Waals surface area contributed by atoms with E-state index in [4.69, 9.17) is 4.42 Å². The fraction of sp³-hybridized carbons (Fsp3) is 0.500. The fourth-order valence-electron chi connectivity index (χ4n) is 2.19. The molecule has 1 fully saturated rings. The third-order valence-electron chi connectivity index (χ3n) is 3.52. The van der Waals surface area contributed by atoms with Gasteiger partial charge in [-0.3, -0.25) is 9.59 Å². The van der Waals surface area contributed by atoms with Crippen LogP contribution in [0.1, 0.15) is 17.0 Å². The Kier molecular flexibility index (Phi) is 4.67. The number of hydrogen-bond acceptors (Lipinski definition) is 5. The van der Waals surface area contributed by atoms with Crippen LogP contribution in [0.15, 0.2) is 23.3 Å². The van der Waals surface area contributed by atoms with E-state index in [-0.39, 0.29) is 24.9 Å². The molecule has 0 bridgehead atoms. The van der Waals surface area contributed by atoms with E-state index in [1.54, 1.807) is 14.1 Å². The first-order valence-corrected chi connectivity index (χ1v) is 6.98. The molecule has 1 N–H and O–H groups in total. The number of carbonyl (C=O) groups excluding carboxylic acids is 2. The van der Waals surface area contributed by atoms with Gasteiger partial charge < -0.3 is 19.5 Å². The molecule has 1 atom stereocenters. The van der Waals surface area contributed by atoms with Crippen molar-refractivity contribution < 1.29 is 22.8 Å². The molecule has 0 radical (unpaired) electrons. The monoisotopic (exact) mass is 328 g/mol. The second kappa shape index (κ2) is 6.35. The van der Waals surface area contributed by atoms with Crippen LogP contribution in [0.5, 0.6) is 0 Å². The SMILES string of the molecule is C=CC(=O)N1CCC(F)(F)[C@H](NC(=O)c2cnc(N(C)C)o2)C1. The number of likely N-dealkylation sites (tertiary alicyclic amines) is 1. The molecular formula is C14H18F2N4O3. The summed E-state index contributed by atoms with van der Waals surface area (Å²) in [5, 5.41) is 2.22. The van der Waals surface area contributed by atoms with Crippen molar-refractivity contribution in [2.75, 3.05) is 32.1 Å². The molecule has 1 saturated heterocycles. The van der Waals surface area contributed by atoms with E-state index in [0.717, 1.165) is 12.3 Å². The third kappa shape index (κ3) is 3.66. The first-order valence-electron chi connectivity index (χ1n) is 6.98. The summed E-state index contributed by atoms with van der Waals surface area (Å²) in [5.41, 5.74) is 0. The summed E-state index contributed by atoms with van der Waals surface area (Å²) < 4.78 is 33.1. The molecule has 23 heavy (non-hydrogen) atoms. The zero-order chi connectivity index (χ0) is 17.2. The van der Waals surface area contributed by atoms with E-state index in [9.17, 15) is 18.4 Å². The minimum absolute atomic E-state index is 0.0860. The average Bonchev–Trinajstić information content (AvgIpc) is 2.98. The van der Waals surface area contributed by atoms with Gasteiger partial charge in [0.1, 0.15) is 6.04 Å². The van der Waals surface area contributed by atoms with Gasteiger partial charge in [-0.1, -0.05) is 6.58 Å². The maximum absolute atomic E-state index is 14.0. The van der Waals surface area contributed by atoms with Crippen LogP contribution >= 0.6 is 0 Å². The van der Waals surface area contributed by atoms with Gasteiger partial charge in [0.05, 0.1) is 6.20 Å². The highest BCUT2D eigenvalue weighted by atomic mass is 19.3. The van der Waals surface area contributed by atoms with E-state index in [1.807, 2.05) is 0 Å². The molecule has 1 aliphatic rings. The van der Waals surface area contributed by atoms with Crippen LogP contribution in [-0.4, -0.2) is 60.8 Å². The lowest BCUT2D eigenvalue weighted by atomic mass is 10.0. The minimum Gasteiger partial charge on any atom is -0.418 e. The zero-order valence-corrected chi connectivity index (χ0v) is 12.9. The number of amides is 2. The number of halogens is 2. The number of carbonyl (C=O) groups is 2. The molecule has 126 valence electrons. The maximum Gasteiger partial charge on any atom is 0.297 e. The highest BCUT2D eigenvalue weighted by Crippen LogP contribution is 2.29. The van der Waals surface area contributed by atoms with Crippen molar-refractivity contribution in [3.8, 4) is 0 Å². The summed E-state index contributed by atoms with van der Waals surface area (Å²) in [6.45, 7) is 2.95. The van der Waals surface area contributed by atoms with Crippen molar-refractivity contribution in [1.82, 2.24) is 15.2 Å². The fourth-order valence-corrected chi connectivity index (χ4v) is 2.19. The number of anilines is 1. The number of oxazole rings is 1. The van der Waals surface area contributed by atoms with Gasteiger partial charge in [-0.25, -0.2) is 13.8 Å². The van der Waals surface area contributed by atoms with Gasteiger partial charge in [-0.05, 0) is 6.08 Å². The average molecular weight is 328 g/mol. The number of rotatable bonds is 4. The summed E-state index contributed by atoms with van der Waals surface area (Å²) >= 11 is 0. The number of nitrogens with one attached hydrogen (secondary N) is 1. The number of alkyl halides is 2. The van der Waals surface area contributed by atoms with Gasteiger partial charge in [0.15, 0.2) is 0 Å². The second-order valence-electron chi connectivity index (χ2n) is 5.43. The van der Waals surface area contributed by atoms with Crippen LogP contribution in [0.25, 0.3) is 0 Å². The Bertz CT molecular complexity index is 615. The van der Waals surface area contributed by atoms with Crippen molar-refractivity contribution in [2.24, 2.45) is 0 Å². The number of hydrogen-bond donors (Lipinski definition) is 1. The van der Waals surface area contributed by atoms with Crippen molar-refractivity contribution in [3.05, 3.63) is 24.6 Å². The van der Waals surface area contributed by atoms with Crippen molar-refractivity contribution in [1.29, 1.82) is 0 Å².